The molecule has 2 unspecified atom stereocenters. The molecule has 0 radical (unpaired) electrons. The fourth-order valence-electron chi connectivity index (χ4n) is 4.01. The highest BCUT2D eigenvalue weighted by atomic mass is 16.2. The molecule has 2 atom stereocenters. The van der Waals surface area contributed by atoms with Gasteiger partial charge < -0.3 is 10.2 Å². The Morgan fingerprint density at radius 3 is 2.88 bits per heavy atom. The van der Waals surface area contributed by atoms with Crippen molar-refractivity contribution in [2.75, 3.05) is 26.2 Å². The average molecular weight is 338 g/mol. The molecular weight excluding hydrogens is 312 g/mol. The molecule has 0 saturated carbocycles. The fourth-order valence-corrected chi connectivity index (χ4v) is 4.01. The number of carbonyl (C=O) groups is 1. The quantitative estimate of drug-likeness (QED) is 0.932. The lowest BCUT2D eigenvalue weighted by molar-refractivity contribution is 0.0779. The minimum Gasteiger partial charge on any atom is -0.337 e. The van der Waals surface area contributed by atoms with Gasteiger partial charge in [0.05, 0.1) is 6.04 Å². The summed E-state index contributed by atoms with van der Waals surface area (Å²) in [5, 5.41) is 7.97. The van der Waals surface area contributed by atoms with Crippen LogP contribution in [0.25, 0.3) is 0 Å². The van der Waals surface area contributed by atoms with Crippen LogP contribution in [0.3, 0.4) is 0 Å². The van der Waals surface area contributed by atoms with Crippen molar-refractivity contribution >= 4 is 5.91 Å². The molecule has 5 heteroatoms. The van der Waals surface area contributed by atoms with E-state index in [-0.39, 0.29) is 5.91 Å². The number of amides is 1. The highest BCUT2D eigenvalue weighted by Gasteiger charge is 2.28. The molecule has 1 aromatic carbocycles. The molecule has 3 heterocycles. The van der Waals surface area contributed by atoms with E-state index in [1.807, 2.05) is 27.9 Å². The molecule has 0 bridgehead atoms. The molecular formula is C20H26N4O. The zero-order valence-electron chi connectivity index (χ0n) is 14.6. The second-order valence-corrected chi connectivity index (χ2v) is 7.28. The van der Waals surface area contributed by atoms with Gasteiger partial charge >= 0.3 is 0 Å². The summed E-state index contributed by atoms with van der Waals surface area (Å²) in [5.74, 6) is 0.633. The van der Waals surface area contributed by atoms with Crippen LogP contribution in [0.2, 0.25) is 0 Å². The van der Waals surface area contributed by atoms with Crippen molar-refractivity contribution in [3.63, 3.8) is 0 Å². The van der Waals surface area contributed by atoms with Gasteiger partial charge in [0.25, 0.3) is 5.91 Å². The lowest BCUT2D eigenvalue weighted by Crippen LogP contribution is -2.32. The Labute approximate surface area is 149 Å². The number of likely N-dealkylation sites (tertiary alicyclic amines) is 1. The van der Waals surface area contributed by atoms with E-state index in [2.05, 4.69) is 34.7 Å². The Kier molecular flexibility index (Phi) is 4.83. The molecule has 5 nitrogen and oxygen atoms in total. The molecule has 132 valence electrons. The average Bonchev–Trinajstić information content (AvgIpc) is 3.33. The summed E-state index contributed by atoms with van der Waals surface area (Å²) in [6.07, 6.45) is 6.38. The van der Waals surface area contributed by atoms with Crippen molar-refractivity contribution in [1.82, 2.24) is 20.0 Å². The van der Waals surface area contributed by atoms with Crippen LogP contribution in [0.1, 0.15) is 41.4 Å². The van der Waals surface area contributed by atoms with Gasteiger partial charge in [0.15, 0.2) is 0 Å². The number of nitrogens with one attached hydrogen (secondary N) is 1. The van der Waals surface area contributed by atoms with Crippen LogP contribution < -0.4 is 5.32 Å². The SMILES string of the molecule is O=C(c1ccn(C2CCCNC2)n1)N1CCC(Cc2ccccc2)C1. The molecule has 2 aromatic rings. The number of carbonyl (C=O) groups excluding carboxylic acids is 1. The summed E-state index contributed by atoms with van der Waals surface area (Å²) in [6.45, 7) is 3.71. The third-order valence-electron chi connectivity index (χ3n) is 5.41. The third kappa shape index (κ3) is 3.76. The number of benzene rings is 1. The maximum absolute atomic E-state index is 12.8. The van der Waals surface area contributed by atoms with Crippen molar-refractivity contribution in [2.45, 2.75) is 31.7 Å². The van der Waals surface area contributed by atoms with Gasteiger partial charge in [-0.1, -0.05) is 30.3 Å². The Bertz CT molecular complexity index is 705. The molecule has 4 rings (SSSR count). The summed E-state index contributed by atoms with van der Waals surface area (Å²) in [6, 6.07) is 12.8. The van der Waals surface area contributed by atoms with Gasteiger partial charge in [-0.3, -0.25) is 9.48 Å². The van der Waals surface area contributed by atoms with Gasteiger partial charge in [0, 0.05) is 25.8 Å². The lowest BCUT2D eigenvalue weighted by atomic mass is 9.99. The van der Waals surface area contributed by atoms with E-state index in [0.29, 0.717) is 17.7 Å². The van der Waals surface area contributed by atoms with Crippen molar-refractivity contribution in [1.29, 1.82) is 0 Å². The Hall–Kier alpha value is -2.14. The molecule has 2 aliphatic rings. The van der Waals surface area contributed by atoms with E-state index < -0.39 is 0 Å². The lowest BCUT2D eigenvalue weighted by Gasteiger charge is -2.23. The fraction of sp³-hybridized carbons (Fsp3) is 0.500. The number of aromatic nitrogens is 2. The zero-order valence-corrected chi connectivity index (χ0v) is 14.6. The summed E-state index contributed by atoms with van der Waals surface area (Å²) in [7, 11) is 0. The summed E-state index contributed by atoms with van der Waals surface area (Å²) in [4.78, 5) is 14.7. The van der Waals surface area contributed by atoms with Gasteiger partial charge in [-0.15, -0.1) is 0 Å². The van der Waals surface area contributed by atoms with Crippen molar-refractivity contribution in [3.8, 4) is 0 Å². The van der Waals surface area contributed by atoms with Gasteiger partial charge in [0.2, 0.25) is 0 Å². The van der Waals surface area contributed by atoms with Crippen molar-refractivity contribution in [2.24, 2.45) is 5.92 Å². The van der Waals surface area contributed by atoms with E-state index in [1.165, 1.54) is 12.0 Å². The normalized spacial score (nSPS) is 23.8. The van der Waals surface area contributed by atoms with Gasteiger partial charge in [-0.05, 0) is 49.8 Å². The minimum absolute atomic E-state index is 0.0816. The number of piperidine rings is 1. The molecule has 2 fully saturated rings. The Morgan fingerprint density at radius 2 is 2.08 bits per heavy atom. The summed E-state index contributed by atoms with van der Waals surface area (Å²) >= 11 is 0. The molecule has 1 aromatic heterocycles. The summed E-state index contributed by atoms with van der Waals surface area (Å²) < 4.78 is 1.97. The number of nitrogens with zero attached hydrogens (tertiary/aromatic N) is 3. The maximum Gasteiger partial charge on any atom is 0.274 e. The van der Waals surface area contributed by atoms with Gasteiger partial charge in [-0.2, -0.15) is 5.10 Å². The van der Waals surface area contributed by atoms with Crippen LogP contribution >= 0.6 is 0 Å². The third-order valence-corrected chi connectivity index (χ3v) is 5.41. The first kappa shape index (κ1) is 16.3. The largest absolute Gasteiger partial charge is 0.337 e. The smallest absolute Gasteiger partial charge is 0.274 e. The van der Waals surface area contributed by atoms with Gasteiger partial charge in [0.1, 0.15) is 5.69 Å². The maximum atomic E-state index is 12.8. The highest BCUT2D eigenvalue weighted by Crippen LogP contribution is 2.23. The van der Waals surface area contributed by atoms with Crippen LogP contribution in [0.4, 0.5) is 0 Å². The standard InChI is InChI=1S/C20H26N4O/c25-20(19-9-12-24(22-19)18-7-4-10-21-14-18)23-11-8-17(15-23)13-16-5-2-1-3-6-16/h1-3,5-6,9,12,17-18,21H,4,7-8,10-11,13-15H2. The summed E-state index contributed by atoms with van der Waals surface area (Å²) in [5.41, 5.74) is 1.95. The van der Waals surface area contributed by atoms with Crippen molar-refractivity contribution in [3.05, 3.63) is 53.9 Å². The number of hydrogen-bond donors (Lipinski definition) is 1. The van der Waals surface area contributed by atoms with Crippen molar-refractivity contribution < 1.29 is 4.79 Å². The molecule has 25 heavy (non-hydrogen) atoms. The minimum atomic E-state index is 0.0816. The predicted octanol–water partition coefficient (Wildman–Crippen LogP) is 2.51. The first-order valence-electron chi connectivity index (χ1n) is 9.38. The molecule has 2 aliphatic heterocycles. The first-order chi connectivity index (χ1) is 12.3. The predicted molar refractivity (Wildman–Crippen MR) is 97.5 cm³/mol. The van der Waals surface area contributed by atoms with Crippen LogP contribution in [0, 0.1) is 5.92 Å². The van der Waals surface area contributed by atoms with Crippen LogP contribution in [-0.4, -0.2) is 46.8 Å². The highest BCUT2D eigenvalue weighted by molar-refractivity contribution is 5.92. The molecule has 0 spiro atoms. The second-order valence-electron chi connectivity index (χ2n) is 7.28. The number of hydrogen-bond acceptors (Lipinski definition) is 3. The number of rotatable bonds is 4. The van der Waals surface area contributed by atoms with E-state index in [9.17, 15) is 4.79 Å². The van der Waals surface area contributed by atoms with E-state index in [0.717, 1.165) is 45.4 Å². The first-order valence-corrected chi connectivity index (χ1v) is 9.38. The topological polar surface area (TPSA) is 50.2 Å². The van der Waals surface area contributed by atoms with Crippen LogP contribution in [0.15, 0.2) is 42.6 Å². The van der Waals surface area contributed by atoms with Gasteiger partial charge in [-0.25, -0.2) is 0 Å². The molecule has 1 amide bonds. The van der Waals surface area contributed by atoms with E-state index in [1.54, 1.807) is 0 Å². The van der Waals surface area contributed by atoms with E-state index in [4.69, 9.17) is 0 Å². The monoisotopic (exact) mass is 338 g/mol. The molecule has 1 N–H and O–H groups in total. The Morgan fingerprint density at radius 1 is 1.20 bits per heavy atom. The van der Waals surface area contributed by atoms with Crippen LogP contribution in [0.5, 0.6) is 0 Å². The zero-order chi connectivity index (χ0) is 17.1. The van der Waals surface area contributed by atoms with E-state index >= 15 is 0 Å². The molecule has 2 saturated heterocycles. The molecule has 0 aliphatic carbocycles. The Balaban J connectivity index is 1.36. The van der Waals surface area contributed by atoms with Crippen LogP contribution in [-0.2, 0) is 6.42 Å². The second kappa shape index (κ2) is 7.40.